The molecule has 2 aromatic carbocycles. The number of nitrogens with zero attached hydrogens (tertiary/aromatic N) is 1. The molecule has 0 saturated heterocycles. The Bertz CT molecular complexity index is 962. The van der Waals surface area contributed by atoms with Crippen LogP contribution in [0.1, 0.15) is 16.8 Å². The summed E-state index contributed by atoms with van der Waals surface area (Å²) < 4.78 is 45.6. The van der Waals surface area contributed by atoms with Gasteiger partial charge in [-0.2, -0.15) is 18.3 Å². The van der Waals surface area contributed by atoms with Crippen molar-refractivity contribution in [3.63, 3.8) is 0 Å². The Morgan fingerprint density at radius 2 is 1.71 bits per heavy atom. The molecule has 1 aromatic heterocycles. The van der Waals surface area contributed by atoms with Gasteiger partial charge in [0, 0.05) is 0 Å². The molecule has 0 bridgehead atoms. The maximum atomic E-state index is 13.3. The number of nitrogens with one attached hydrogen (secondary N) is 2. The Hall–Kier alpha value is -3.29. The van der Waals surface area contributed by atoms with Gasteiger partial charge in [-0.25, -0.2) is 0 Å². The third-order valence-corrected chi connectivity index (χ3v) is 4.13. The van der Waals surface area contributed by atoms with Crippen LogP contribution in [-0.2, 0) is 11.0 Å². The van der Waals surface area contributed by atoms with Crippen molar-refractivity contribution < 1.29 is 22.7 Å². The molecule has 0 fully saturated rings. The van der Waals surface area contributed by atoms with Crippen LogP contribution in [0.15, 0.2) is 48.5 Å². The van der Waals surface area contributed by atoms with Crippen molar-refractivity contribution in [3.05, 3.63) is 65.4 Å². The van der Waals surface area contributed by atoms with Gasteiger partial charge in [-0.3, -0.25) is 9.89 Å². The van der Waals surface area contributed by atoms with E-state index in [1.165, 1.54) is 12.1 Å². The Labute approximate surface area is 159 Å². The quantitative estimate of drug-likeness (QED) is 0.663. The van der Waals surface area contributed by atoms with Crippen LogP contribution in [-0.4, -0.2) is 22.7 Å². The van der Waals surface area contributed by atoms with Crippen LogP contribution in [0.25, 0.3) is 11.1 Å². The second kappa shape index (κ2) is 7.75. The molecule has 0 radical (unpaired) electrons. The number of anilines is 1. The Morgan fingerprint density at radius 1 is 1.07 bits per heavy atom. The van der Waals surface area contributed by atoms with Crippen molar-refractivity contribution in [1.29, 1.82) is 0 Å². The van der Waals surface area contributed by atoms with Crippen molar-refractivity contribution in [3.8, 4) is 16.9 Å². The first-order chi connectivity index (χ1) is 13.3. The first-order valence-electron chi connectivity index (χ1n) is 8.47. The lowest BCUT2D eigenvalue weighted by Crippen LogP contribution is -2.21. The summed E-state index contributed by atoms with van der Waals surface area (Å²) in [4.78, 5) is 12.3. The number of carbonyl (C=O) groups is 1. The monoisotopic (exact) mass is 389 g/mol. The highest BCUT2D eigenvalue weighted by molar-refractivity contribution is 5.95. The standard InChI is InChI=1S/C20H18F3N3O2/c1-12-7-6-8-13(2)17(12)28-11-15(27)24-19-16(14-9-4-3-5-10-14)18(25-26-19)20(21,22)23/h3-10H,11H2,1-2H3,(H2,24,25,26,27). The van der Waals surface area contributed by atoms with Crippen LogP contribution in [0, 0.1) is 13.8 Å². The molecule has 28 heavy (non-hydrogen) atoms. The average Bonchev–Trinajstić information content (AvgIpc) is 3.06. The molecule has 0 aliphatic heterocycles. The molecule has 5 nitrogen and oxygen atoms in total. The second-order valence-electron chi connectivity index (χ2n) is 6.24. The van der Waals surface area contributed by atoms with Crippen LogP contribution in [0.4, 0.5) is 19.0 Å². The minimum Gasteiger partial charge on any atom is -0.483 e. The third kappa shape index (κ3) is 4.16. The van der Waals surface area contributed by atoms with Gasteiger partial charge in [0.25, 0.3) is 5.91 Å². The van der Waals surface area contributed by atoms with Gasteiger partial charge < -0.3 is 10.1 Å². The number of hydrogen-bond donors (Lipinski definition) is 2. The summed E-state index contributed by atoms with van der Waals surface area (Å²) in [6.45, 7) is 3.34. The second-order valence-corrected chi connectivity index (χ2v) is 6.24. The Kier molecular flexibility index (Phi) is 5.39. The number of aromatic nitrogens is 2. The lowest BCUT2D eigenvalue weighted by molar-refractivity contribution is -0.140. The van der Waals surface area contributed by atoms with Crippen LogP contribution < -0.4 is 10.1 Å². The van der Waals surface area contributed by atoms with Crippen molar-refractivity contribution in [2.45, 2.75) is 20.0 Å². The molecular formula is C20H18F3N3O2. The fourth-order valence-electron chi connectivity index (χ4n) is 2.86. The number of halogens is 3. The minimum atomic E-state index is -4.64. The number of para-hydroxylation sites is 1. The number of alkyl halides is 3. The summed E-state index contributed by atoms with van der Waals surface area (Å²) in [5.41, 5.74) is 0.765. The molecule has 3 rings (SSSR count). The molecule has 1 heterocycles. The largest absolute Gasteiger partial charge is 0.483 e. The number of H-pyrrole nitrogens is 1. The van der Waals surface area contributed by atoms with Gasteiger partial charge in [-0.1, -0.05) is 48.5 Å². The maximum absolute atomic E-state index is 13.3. The molecular weight excluding hydrogens is 371 g/mol. The summed E-state index contributed by atoms with van der Waals surface area (Å²) >= 11 is 0. The summed E-state index contributed by atoms with van der Waals surface area (Å²) in [6, 6.07) is 13.5. The molecule has 1 amide bonds. The molecule has 8 heteroatoms. The number of hydrogen-bond acceptors (Lipinski definition) is 3. The molecule has 0 aliphatic rings. The van der Waals surface area contributed by atoms with E-state index in [-0.39, 0.29) is 23.6 Å². The summed E-state index contributed by atoms with van der Waals surface area (Å²) in [5, 5.41) is 8.04. The van der Waals surface area contributed by atoms with Gasteiger partial charge in [0.2, 0.25) is 0 Å². The molecule has 2 N–H and O–H groups in total. The van der Waals surface area contributed by atoms with Crippen LogP contribution in [0.2, 0.25) is 0 Å². The van der Waals surface area contributed by atoms with E-state index in [4.69, 9.17) is 4.74 Å². The number of ether oxygens (including phenoxy) is 1. The van der Waals surface area contributed by atoms with Crippen molar-refractivity contribution in [1.82, 2.24) is 10.2 Å². The van der Waals surface area contributed by atoms with E-state index in [1.807, 2.05) is 37.1 Å². The number of benzene rings is 2. The van der Waals surface area contributed by atoms with E-state index in [0.717, 1.165) is 11.1 Å². The summed E-state index contributed by atoms with van der Waals surface area (Å²) in [6.07, 6.45) is -4.64. The highest BCUT2D eigenvalue weighted by atomic mass is 19.4. The number of rotatable bonds is 5. The van der Waals surface area contributed by atoms with E-state index in [1.54, 1.807) is 18.2 Å². The molecule has 0 spiro atoms. The van der Waals surface area contributed by atoms with E-state index < -0.39 is 17.8 Å². The average molecular weight is 389 g/mol. The summed E-state index contributed by atoms with van der Waals surface area (Å²) in [7, 11) is 0. The van der Waals surface area contributed by atoms with Gasteiger partial charge in [0.1, 0.15) is 11.4 Å². The molecule has 146 valence electrons. The zero-order valence-corrected chi connectivity index (χ0v) is 15.2. The van der Waals surface area contributed by atoms with Crippen LogP contribution >= 0.6 is 0 Å². The normalized spacial score (nSPS) is 11.3. The Balaban J connectivity index is 1.82. The fraction of sp³-hybridized carbons (Fsp3) is 0.200. The van der Waals surface area contributed by atoms with Crippen molar-refractivity contribution in [2.24, 2.45) is 0 Å². The highest BCUT2D eigenvalue weighted by Crippen LogP contribution is 2.39. The van der Waals surface area contributed by atoms with E-state index in [9.17, 15) is 18.0 Å². The third-order valence-electron chi connectivity index (χ3n) is 4.13. The molecule has 3 aromatic rings. The smallest absolute Gasteiger partial charge is 0.433 e. The number of aromatic amines is 1. The Morgan fingerprint density at radius 3 is 2.32 bits per heavy atom. The molecule has 0 aliphatic carbocycles. The minimum absolute atomic E-state index is 0.200. The SMILES string of the molecule is Cc1cccc(C)c1OCC(=O)Nc1n[nH]c(C(F)(F)F)c1-c1ccccc1. The number of amides is 1. The van der Waals surface area contributed by atoms with Gasteiger partial charge in [-0.15, -0.1) is 0 Å². The predicted octanol–water partition coefficient (Wildman–Crippen LogP) is 4.73. The fourth-order valence-corrected chi connectivity index (χ4v) is 2.86. The van der Waals surface area contributed by atoms with Crippen molar-refractivity contribution >= 4 is 11.7 Å². The van der Waals surface area contributed by atoms with E-state index in [0.29, 0.717) is 5.75 Å². The first kappa shape index (κ1) is 19.5. The predicted molar refractivity (Wildman–Crippen MR) is 99.1 cm³/mol. The van der Waals surface area contributed by atoms with Crippen LogP contribution in [0.3, 0.4) is 0 Å². The lowest BCUT2D eigenvalue weighted by atomic mass is 10.1. The summed E-state index contributed by atoms with van der Waals surface area (Å²) in [5.74, 6) is -0.243. The lowest BCUT2D eigenvalue weighted by Gasteiger charge is -2.12. The first-order valence-corrected chi connectivity index (χ1v) is 8.47. The van der Waals surface area contributed by atoms with E-state index >= 15 is 0 Å². The van der Waals surface area contributed by atoms with Gasteiger partial charge in [0.05, 0.1) is 5.56 Å². The highest BCUT2D eigenvalue weighted by Gasteiger charge is 2.38. The van der Waals surface area contributed by atoms with E-state index in [2.05, 4.69) is 10.4 Å². The number of aryl methyl sites for hydroxylation is 2. The zero-order chi connectivity index (χ0) is 20.3. The molecule has 0 saturated carbocycles. The molecule has 0 unspecified atom stereocenters. The van der Waals surface area contributed by atoms with Gasteiger partial charge in [0.15, 0.2) is 12.4 Å². The number of carbonyl (C=O) groups excluding carboxylic acids is 1. The van der Waals surface area contributed by atoms with Crippen molar-refractivity contribution in [2.75, 3.05) is 11.9 Å². The van der Waals surface area contributed by atoms with Gasteiger partial charge in [-0.05, 0) is 30.5 Å². The maximum Gasteiger partial charge on any atom is 0.433 e. The van der Waals surface area contributed by atoms with Crippen LogP contribution in [0.5, 0.6) is 5.75 Å². The zero-order valence-electron chi connectivity index (χ0n) is 15.2. The van der Waals surface area contributed by atoms with Gasteiger partial charge >= 0.3 is 6.18 Å². The molecule has 0 atom stereocenters. The topological polar surface area (TPSA) is 67.0 Å².